The summed E-state index contributed by atoms with van der Waals surface area (Å²) in [5, 5.41) is 5.17. The second kappa shape index (κ2) is 8.94. The smallest absolute Gasteiger partial charge is 0.329 e. The summed E-state index contributed by atoms with van der Waals surface area (Å²) in [6, 6.07) is 7.44. The Hall–Kier alpha value is -2.09. The molecule has 28 heavy (non-hydrogen) atoms. The summed E-state index contributed by atoms with van der Waals surface area (Å²) in [6.07, 6.45) is 0.177. The standard InChI is InChI=1S/C19H18Cl2N2O4S/c1-11(17(24)22-14-9-12(20)8-13(21)10-14)27-19(26)15-4-2-6-23(15)18(25)16-5-3-7-28-16/h3,5,7-11,15H,2,4,6H2,1H3,(H,22,24)/t11-,15-/m0/s1. The van der Waals surface area contributed by atoms with Crippen molar-refractivity contribution in [3.63, 3.8) is 0 Å². The third-order valence-corrected chi connectivity index (χ3v) is 5.60. The van der Waals surface area contributed by atoms with E-state index in [-0.39, 0.29) is 5.91 Å². The Morgan fingerprint density at radius 3 is 2.61 bits per heavy atom. The molecule has 2 amide bonds. The van der Waals surface area contributed by atoms with E-state index in [0.717, 1.165) is 0 Å². The largest absolute Gasteiger partial charge is 0.451 e. The molecule has 0 radical (unpaired) electrons. The molecule has 1 fully saturated rings. The van der Waals surface area contributed by atoms with Crippen molar-refractivity contribution in [2.75, 3.05) is 11.9 Å². The van der Waals surface area contributed by atoms with Crippen LogP contribution < -0.4 is 5.32 Å². The summed E-state index contributed by atoms with van der Waals surface area (Å²) in [5.74, 6) is -1.30. The lowest BCUT2D eigenvalue weighted by molar-refractivity contribution is -0.156. The Bertz CT molecular complexity index is 868. The molecule has 1 saturated heterocycles. The number of halogens is 2. The highest BCUT2D eigenvalue weighted by Crippen LogP contribution is 2.25. The number of anilines is 1. The van der Waals surface area contributed by atoms with Crippen LogP contribution in [-0.4, -0.2) is 41.4 Å². The number of nitrogens with one attached hydrogen (secondary N) is 1. The van der Waals surface area contributed by atoms with Crippen LogP contribution in [0.5, 0.6) is 0 Å². The second-order valence-electron chi connectivity index (χ2n) is 6.36. The van der Waals surface area contributed by atoms with Crippen LogP contribution in [0.2, 0.25) is 10.0 Å². The number of nitrogens with zero attached hydrogens (tertiary/aromatic N) is 1. The fraction of sp³-hybridized carbons (Fsp3) is 0.316. The van der Waals surface area contributed by atoms with Crippen molar-refractivity contribution in [3.05, 3.63) is 50.6 Å². The number of likely N-dealkylation sites (tertiary alicyclic amines) is 1. The fourth-order valence-corrected chi connectivity index (χ4v) is 4.18. The van der Waals surface area contributed by atoms with Gasteiger partial charge in [0.15, 0.2) is 6.10 Å². The van der Waals surface area contributed by atoms with Gasteiger partial charge in [-0.25, -0.2) is 4.79 Å². The van der Waals surface area contributed by atoms with Crippen LogP contribution in [0.3, 0.4) is 0 Å². The number of rotatable bonds is 5. The quantitative estimate of drug-likeness (QED) is 0.705. The van der Waals surface area contributed by atoms with E-state index in [0.29, 0.717) is 40.0 Å². The highest BCUT2D eigenvalue weighted by Gasteiger charge is 2.37. The predicted molar refractivity (Wildman–Crippen MR) is 109 cm³/mol. The van der Waals surface area contributed by atoms with E-state index in [1.54, 1.807) is 18.2 Å². The molecule has 0 unspecified atom stereocenters. The predicted octanol–water partition coefficient (Wildman–Crippen LogP) is 4.23. The van der Waals surface area contributed by atoms with Gasteiger partial charge in [0.1, 0.15) is 6.04 Å². The van der Waals surface area contributed by atoms with E-state index in [1.807, 2.05) is 5.38 Å². The van der Waals surface area contributed by atoms with Gasteiger partial charge >= 0.3 is 5.97 Å². The van der Waals surface area contributed by atoms with Crippen LogP contribution in [-0.2, 0) is 14.3 Å². The number of hydrogen-bond acceptors (Lipinski definition) is 5. The summed E-state index contributed by atoms with van der Waals surface area (Å²) in [5.41, 5.74) is 0.403. The number of benzene rings is 1. The van der Waals surface area contributed by atoms with Crippen molar-refractivity contribution in [3.8, 4) is 0 Å². The molecule has 0 bridgehead atoms. The molecule has 1 aliphatic rings. The van der Waals surface area contributed by atoms with E-state index >= 15 is 0 Å². The maximum absolute atomic E-state index is 12.6. The Balaban J connectivity index is 1.61. The van der Waals surface area contributed by atoms with E-state index in [1.165, 1.54) is 35.3 Å². The number of carbonyl (C=O) groups is 3. The van der Waals surface area contributed by atoms with Crippen molar-refractivity contribution >= 4 is 58.0 Å². The van der Waals surface area contributed by atoms with Crippen molar-refractivity contribution in [2.45, 2.75) is 31.9 Å². The molecule has 0 aliphatic carbocycles. The normalized spacial score (nSPS) is 17.2. The molecule has 0 spiro atoms. The molecule has 2 atom stereocenters. The molecule has 0 saturated carbocycles. The second-order valence-corrected chi connectivity index (χ2v) is 8.18. The molecule has 3 rings (SSSR count). The first-order chi connectivity index (χ1) is 13.3. The van der Waals surface area contributed by atoms with Crippen LogP contribution in [0.25, 0.3) is 0 Å². The van der Waals surface area contributed by atoms with Crippen molar-refractivity contribution in [1.82, 2.24) is 4.90 Å². The average Bonchev–Trinajstić information content (AvgIpc) is 3.32. The molecule has 1 aliphatic heterocycles. The van der Waals surface area contributed by atoms with Gasteiger partial charge in [0.05, 0.1) is 4.88 Å². The Morgan fingerprint density at radius 1 is 1.25 bits per heavy atom. The van der Waals surface area contributed by atoms with Crippen LogP contribution >= 0.6 is 34.5 Å². The van der Waals surface area contributed by atoms with E-state index in [2.05, 4.69) is 5.32 Å². The zero-order chi connectivity index (χ0) is 20.3. The van der Waals surface area contributed by atoms with E-state index < -0.39 is 24.0 Å². The van der Waals surface area contributed by atoms with Gasteiger partial charge in [0, 0.05) is 22.3 Å². The SMILES string of the molecule is C[C@H](OC(=O)[C@@H]1CCCN1C(=O)c1cccs1)C(=O)Nc1cc(Cl)cc(Cl)c1. The van der Waals surface area contributed by atoms with Crippen LogP contribution in [0.4, 0.5) is 5.69 Å². The first kappa shape index (κ1) is 20.6. The van der Waals surface area contributed by atoms with Gasteiger partial charge in [-0.15, -0.1) is 11.3 Å². The van der Waals surface area contributed by atoms with E-state index in [9.17, 15) is 14.4 Å². The summed E-state index contributed by atoms with van der Waals surface area (Å²) >= 11 is 13.2. The molecular weight excluding hydrogens is 423 g/mol. The van der Waals surface area contributed by atoms with Gasteiger partial charge in [-0.05, 0) is 49.4 Å². The maximum atomic E-state index is 12.6. The summed E-state index contributed by atoms with van der Waals surface area (Å²) in [6.45, 7) is 1.96. The zero-order valence-corrected chi connectivity index (χ0v) is 17.3. The average molecular weight is 441 g/mol. The number of carbonyl (C=O) groups excluding carboxylic acids is 3. The lowest BCUT2D eigenvalue weighted by atomic mass is 10.2. The monoisotopic (exact) mass is 440 g/mol. The Morgan fingerprint density at radius 2 is 1.96 bits per heavy atom. The summed E-state index contributed by atoms with van der Waals surface area (Å²) in [4.78, 5) is 39.6. The minimum absolute atomic E-state index is 0.194. The maximum Gasteiger partial charge on any atom is 0.329 e. The minimum Gasteiger partial charge on any atom is -0.451 e. The lowest BCUT2D eigenvalue weighted by Crippen LogP contribution is -2.43. The number of ether oxygens (including phenoxy) is 1. The van der Waals surface area contributed by atoms with Crippen molar-refractivity contribution < 1.29 is 19.1 Å². The number of esters is 1. The molecular formula is C19H18Cl2N2O4S. The number of amides is 2. The Labute approximate surface area is 176 Å². The van der Waals surface area contributed by atoms with E-state index in [4.69, 9.17) is 27.9 Å². The molecule has 1 N–H and O–H groups in total. The highest BCUT2D eigenvalue weighted by molar-refractivity contribution is 7.12. The third-order valence-electron chi connectivity index (χ3n) is 4.31. The van der Waals surface area contributed by atoms with Crippen LogP contribution in [0.15, 0.2) is 35.7 Å². The fourth-order valence-electron chi connectivity index (χ4n) is 2.97. The molecule has 6 nitrogen and oxygen atoms in total. The molecule has 2 aromatic rings. The zero-order valence-electron chi connectivity index (χ0n) is 15.0. The van der Waals surface area contributed by atoms with Gasteiger partial charge in [0.25, 0.3) is 11.8 Å². The molecule has 148 valence electrons. The third kappa shape index (κ3) is 4.84. The highest BCUT2D eigenvalue weighted by atomic mass is 35.5. The van der Waals surface area contributed by atoms with Gasteiger partial charge in [0.2, 0.25) is 0 Å². The van der Waals surface area contributed by atoms with Crippen molar-refractivity contribution in [1.29, 1.82) is 0 Å². The van der Waals surface area contributed by atoms with Gasteiger partial charge in [-0.1, -0.05) is 29.3 Å². The first-order valence-electron chi connectivity index (χ1n) is 8.67. The first-order valence-corrected chi connectivity index (χ1v) is 10.3. The number of hydrogen-bond donors (Lipinski definition) is 1. The molecule has 2 heterocycles. The number of thiophene rings is 1. The van der Waals surface area contributed by atoms with Gasteiger partial charge in [-0.2, -0.15) is 0 Å². The lowest BCUT2D eigenvalue weighted by Gasteiger charge is -2.24. The Kier molecular flexibility index (Phi) is 6.59. The topological polar surface area (TPSA) is 75.7 Å². The molecule has 1 aromatic carbocycles. The van der Waals surface area contributed by atoms with Crippen molar-refractivity contribution in [2.24, 2.45) is 0 Å². The summed E-state index contributed by atoms with van der Waals surface area (Å²) < 4.78 is 5.32. The van der Waals surface area contributed by atoms with Crippen LogP contribution in [0, 0.1) is 0 Å². The minimum atomic E-state index is -1.04. The molecule has 9 heteroatoms. The van der Waals surface area contributed by atoms with Gasteiger partial charge in [-0.3, -0.25) is 9.59 Å². The summed E-state index contributed by atoms with van der Waals surface area (Å²) in [7, 11) is 0. The van der Waals surface area contributed by atoms with Gasteiger partial charge < -0.3 is 15.0 Å². The van der Waals surface area contributed by atoms with Crippen LogP contribution in [0.1, 0.15) is 29.4 Å². The molecule has 1 aromatic heterocycles.